The van der Waals surface area contributed by atoms with Gasteiger partial charge in [0.05, 0.1) is 6.61 Å². The molecule has 0 spiro atoms. The fourth-order valence-corrected chi connectivity index (χ4v) is 2.98. The van der Waals surface area contributed by atoms with E-state index in [9.17, 15) is 0 Å². The number of ether oxygens (including phenoxy) is 1. The molecule has 0 N–H and O–H groups in total. The van der Waals surface area contributed by atoms with Gasteiger partial charge < -0.3 is 4.74 Å². The maximum Gasteiger partial charge on any atom is 0.127 e. The summed E-state index contributed by atoms with van der Waals surface area (Å²) in [6.07, 6.45) is 3.82. The van der Waals surface area contributed by atoms with Crippen LogP contribution in [0.1, 0.15) is 19.3 Å². The Labute approximate surface area is 114 Å². The van der Waals surface area contributed by atoms with Crippen LogP contribution in [0.4, 0.5) is 0 Å². The van der Waals surface area contributed by atoms with E-state index in [1.165, 1.54) is 30.0 Å². The van der Waals surface area contributed by atoms with E-state index in [2.05, 4.69) is 55.1 Å². The molecule has 0 aliphatic heterocycles. The van der Waals surface area contributed by atoms with Crippen LogP contribution in [0.2, 0.25) is 0 Å². The Kier molecular flexibility index (Phi) is 3.21. The van der Waals surface area contributed by atoms with Crippen molar-refractivity contribution in [3.63, 3.8) is 0 Å². The quantitative estimate of drug-likeness (QED) is 0.804. The molecule has 18 heavy (non-hydrogen) atoms. The van der Waals surface area contributed by atoms with Gasteiger partial charge in [0.1, 0.15) is 5.75 Å². The Morgan fingerprint density at radius 2 is 1.83 bits per heavy atom. The van der Waals surface area contributed by atoms with E-state index in [1.54, 1.807) is 0 Å². The number of thiol groups is 1. The molecule has 1 fully saturated rings. The second-order valence-electron chi connectivity index (χ2n) is 5.28. The number of benzene rings is 2. The van der Waals surface area contributed by atoms with Gasteiger partial charge in [-0.2, -0.15) is 12.6 Å². The van der Waals surface area contributed by atoms with Crippen LogP contribution >= 0.6 is 12.6 Å². The Hall–Kier alpha value is -1.15. The first-order valence-corrected chi connectivity index (χ1v) is 7.18. The molecule has 94 valence electrons. The summed E-state index contributed by atoms with van der Waals surface area (Å²) in [5, 5.41) is 2.44. The van der Waals surface area contributed by atoms with Crippen molar-refractivity contribution < 1.29 is 4.74 Å². The van der Waals surface area contributed by atoms with E-state index < -0.39 is 0 Å². The van der Waals surface area contributed by atoms with Gasteiger partial charge in [-0.15, -0.1) is 0 Å². The highest BCUT2D eigenvalue weighted by Crippen LogP contribution is 2.42. The van der Waals surface area contributed by atoms with Crippen LogP contribution in [0.3, 0.4) is 0 Å². The molecule has 0 bridgehead atoms. The molecule has 0 saturated heterocycles. The molecule has 0 heterocycles. The zero-order chi connectivity index (χ0) is 12.4. The highest BCUT2D eigenvalue weighted by Gasteiger charge is 2.36. The predicted octanol–water partition coefficient (Wildman–Crippen LogP) is 4.32. The highest BCUT2D eigenvalue weighted by atomic mass is 32.1. The maximum atomic E-state index is 6.07. The number of hydrogen-bond acceptors (Lipinski definition) is 2. The van der Waals surface area contributed by atoms with Gasteiger partial charge in [0.15, 0.2) is 0 Å². The van der Waals surface area contributed by atoms with E-state index in [4.69, 9.17) is 4.74 Å². The molecule has 2 aromatic rings. The fourth-order valence-electron chi connectivity index (χ4n) is 2.58. The van der Waals surface area contributed by atoms with Crippen molar-refractivity contribution in [3.05, 3.63) is 42.5 Å². The molecule has 1 saturated carbocycles. The third-order valence-corrected chi connectivity index (χ3v) is 4.70. The third-order valence-electron chi connectivity index (χ3n) is 4.03. The van der Waals surface area contributed by atoms with Gasteiger partial charge in [0.25, 0.3) is 0 Å². The summed E-state index contributed by atoms with van der Waals surface area (Å²) < 4.78 is 6.07. The summed E-state index contributed by atoms with van der Waals surface area (Å²) in [5.41, 5.74) is 0.320. The minimum Gasteiger partial charge on any atom is -0.492 e. The van der Waals surface area contributed by atoms with Crippen LogP contribution in [-0.2, 0) is 0 Å². The van der Waals surface area contributed by atoms with Crippen molar-refractivity contribution in [1.82, 2.24) is 0 Å². The Bertz CT molecular complexity index is 535. The van der Waals surface area contributed by atoms with Crippen LogP contribution < -0.4 is 4.74 Å². The van der Waals surface area contributed by atoms with Gasteiger partial charge in [-0.05, 0) is 30.0 Å². The van der Waals surface area contributed by atoms with E-state index in [0.717, 1.165) is 18.1 Å². The van der Waals surface area contributed by atoms with Crippen LogP contribution in [0, 0.1) is 5.41 Å². The Balaban J connectivity index is 1.82. The molecular formula is C16H18OS. The number of rotatable bonds is 4. The predicted molar refractivity (Wildman–Crippen MR) is 79.6 cm³/mol. The normalized spacial score (nSPS) is 17.4. The standard InChI is InChI=1S/C16H18OS/c18-12-16(9-4-10-16)11-17-15-8-3-6-13-5-1-2-7-14(13)15/h1-3,5-8,18H,4,9-12H2. The van der Waals surface area contributed by atoms with Crippen molar-refractivity contribution in [2.75, 3.05) is 12.4 Å². The minimum absolute atomic E-state index is 0.320. The molecule has 0 atom stereocenters. The summed E-state index contributed by atoms with van der Waals surface area (Å²) in [7, 11) is 0. The molecule has 1 nitrogen and oxygen atoms in total. The van der Waals surface area contributed by atoms with E-state index in [1.807, 2.05) is 0 Å². The zero-order valence-electron chi connectivity index (χ0n) is 10.4. The third kappa shape index (κ3) is 2.10. The lowest BCUT2D eigenvalue weighted by Crippen LogP contribution is -2.37. The van der Waals surface area contributed by atoms with Gasteiger partial charge in [-0.25, -0.2) is 0 Å². The van der Waals surface area contributed by atoms with Crippen molar-refractivity contribution >= 4 is 23.4 Å². The first-order chi connectivity index (χ1) is 8.83. The van der Waals surface area contributed by atoms with Gasteiger partial charge in [0.2, 0.25) is 0 Å². The summed E-state index contributed by atoms with van der Waals surface area (Å²) in [6, 6.07) is 14.6. The lowest BCUT2D eigenvalue weighted by Gasteiger charge is -2.40. The molecular weight excluding hydrogens is 240 g/mol. The second kappa shape index (κ2) is 4.85. The molecule has 1 aliphatic carbocycles. The molecule has 3 rings (SSSR count). The summed E-state index contributed by atoms with van der Waals surface area (Å²) in [5.74, 6) is 1.93. The zero-order valence-corrected chi connectivity index (χ0v) is 11.3. The first-order valence-electron chi connectivity index (χ1n) is 6.54. The average molecular weight is 258 g/mol. The topological polar surface area (TPSA) is 9.23 Å². The van der Waals surface area contributed by atoms with Gasteiger partial charge in [0, 0.05) is 10.8 Å². The summed E-state index contributed by atoms with van der Waals surface area (Å²) in [6.45, 7) is 0.796. The summed E-state index contributed by atoms with van der Waals surface area (Å²) in [4.78, 5) is 0. The maximum absolute atomic E-state index is 6.07. The van der Waals surface area contributed by atoms with Crippen LogP contribution in [0.15, 0.2) is 42.5 Å². The average Bonchev–Trinajstić information content (AvgIpc) is 2.38. The minimum atomic E-state index is 0.320. The fraction of sp³-hybridized carbons (Fsp3) is 0.375. The molecule has 2 heteroatoms. The highest BCUT2D eigenvalue weighted by molar-refractivity contribution is 7.80. The largest absolute Gasteiger partial charge is 0.492 e. The van der Waals surface area contributed by atoms with E-state index in [-0.39, 0.29) is 0 Å². The Morgan fingerprint density at radius 1 is 1.06 bits per heavy atom. The van der Waals surface area contributed by atoms with Gasteiger partial charge in [-0.3, -0.25) is 0 Å². The summed E-state index contributed by atoms with van der Waals surface area (Å²) >= 11 is 4.47. The molecule has 0 unspecified atom stereocenters. The van der Waals surface area contributed by atoms with E-state index in [0.29, 0.717) is 5.41 Å². The van der Waals surface area contributed by atoms with Gasteiger partial charge >= 0.3 is 0 Å². The first kappa shape index (κ1) is 11.9. The van der Waals surface area contributed by atoms with Crippen molar-refractivity contribution in [2.24, 2.45) is 5.41 Å². The molecule has 2 aromatic carbocycles. The smallest absolute Gasteiger partial charge is 0.127 e. The van der Waals surface area contributed by atoms with Crippen molar-refractivity contribution in [3.8, 4) is 5.75 Å². The van der Waals surface area contributed by atoms with Crippen LogP contribution in [0.25, 0.3) is 10.8 Å². The molecule has 0 amide bonds. The lowest BCUT2D eigenvalue weighted by atomic mass is 9.71. The van der Waals surface area contributed by atoms with E-state index >= 15 is 0 Å². The van der Waals surface area contributed by atoms with Crippen molar-refractivity contribution in [1.29, 1.82) is 0 Å². The lowest BCUT2D eigenvalue weighted by molar-refractivity contribution is 0.0839. The monoisotopic (exact) mass is 258 g/mol. The molecule has 1 aliphatic rings. The Morgan fingerprint density at radius 3 is 2.56 bits per heavy atom. The van der Waals surface area contributed by atoms with Crippen molar-refractivity contribution in [2.45, 2.75) is 19.3 Å². The second-order valence-corrected chi connectivity index (χ2v) is 5.59. The SMILES string of the molecule is SCC1(COc2cccc3ccccc23)CCC1. The number of fused-ring (bicyclic) bond motifs is 1. The molecule has 0 aromatic heterocycles. The molecule has 0 radical (unpaired) electrons. The van der Waals surface area contributed by atoms with Crippen LogP contribution in [-0.4, -0.2) is 12.4 Å². The number of hydrogen-bond donors (Lipinski definition) is 1. The van der Waals surface area contributed by atoms with Gasteiger partial charge in [-0.1, -0.05) is 42.8 Å². The van der Waals surface area contributed by atoms with Crippen LogP contribution in [0.5, 0.6) is 5.75 Å².